The summed E-state index contributed by atoms with van der Waals surface area (Å²) < 4.78 is 4.38. The predicted octanol–water partition coefficient (Wildman–Crippen LogP) is 0.0228. The van der Waals surface area contributed by atoms with Crippen molar-refractivity contribution in [3.8, 4) is 0 Å². The van der Waals surface area contributed by atoms with E-state index in [1.807, 2.05) is 0 Å². The van der Waals surface area contributed by atoms with Crippen molar-refractivity contribution in [3.63, 3.8) is 0 Å². The van der Waals surface area contributed by atoms with Gasteiger partial charge in [0.1, 0.15) is 0 Å². The van der Waals surface area contributed by atoms with Crippen LogP contribution in [-0.2, 0) is 14.3 Å². The summed E-state index contributed by atoms with van der Waals surface area (Å²) in [5.74, 6) is -2.17. The minimum absolute atomic E-state index is 0.195. The van der Waals surface area contributed by atoms with Gasteiger partial charge in [0, 0.05) is 6.42 Å². The summed E-state index contributed by atoms with van der Waals surface area (Å²) in [4.78, 5) is 21.0. The molecule has 13 heavy (non-hydrogen) atoms. The van der Waals surface area contributed by atoms with E-state index in [9.17, 15) is 9.59 Å². The van der Waals surface area contributed by atoms with E-state index in [2.05, 4.69) is 4.74 Å². The zero-order valence-electron chi connectivity index (χ0n) is 7.52. The lowest BCUT2D eigenvalue weighted by molar-refractivity contribution is -0.145. The molecular weight excluding hydrogens is 176 g/mol. The highest BCUT2D eigenvalue weighted by Gasteiger charge is 2.15. The first-order valence-electron chi connectivity index (χ1n) is 4.02. The molecule has 0 spiro atoms. The highest BCUT2D eigenvalue weighted by atomic mass is 16.5. The number of aliphatic hydroxyl groups is 1. The van der Waals surface area contributed by atoms with Gasteiger partial charge in [0.15, 0.2) is 0 Å². The van der Waals surface area contributed by atoms with Crippen molar-refractivity contribution in [2.75, 3.05) is 13.7 Å². The second-order valence-electron chi connectivity index (χ2n) is 2.69. The van der Waals surface area contributed by atoms with Gasteiger partial charge in [-0.1, -0.05) is 0 Å². The number of aliphatic hydroxyl groups excluding tert-OH is 1. The number of ether oxygens (including phenoxy) is 1. The second-order valence-corrected chi connectivity index (χ2v) is 2.69. The molecule has 0 bridgehead atoms. The van der Waals surface area contributed by atoms with Crippen LogP contribution in [0.5, 0.6) is 0 Å². The summed E-state index contributed by atoms with van der Waals surface area (Å²) in [7, 11) is 1.28. The SMILES string of the molecule is COC(=O)CCC[C@H](CO)C(=O)O. The van der Waals surface area contributed by atoms with Crippen LogP contribution in [0, 0.1) is 5.92 Å². The Balaban J connectivity index is 3.61. The Kier molecular flexibility index (Phi) is 5.88. The third-order valence-corrected chi connectivity index (χ3v) is 1.73. The van der Waals surface area contributed by atoms with E-state index in [0.717, 1.165) is 0 Å². The molecule has 0 saturated carbocycles. The number of carbonyl (C=O) groups excluding carboxylic acids is 1. The average Bonchev–Trinajstić information content (AvgIpc) is 2.11. The first-order chi connectivity index (χ1) is 6.11. The first-order valence-corrected chi connectivity index (χ1v) is 4.02. The van der Waals surface area contributed by atoms with Crippen LogP contribution >= 0.6 is 0 Å². The maximum atomic E-state index is 10.6. The van der Waals surface area contributed by atoms with E-state index in [0.29, 0.717) is 12.8 Å². The Hall–Kier alpha value is -1.10. The molecule has 0 aromatic rings. The Morgan fingerprint density at radius 1 is 1.46 bits per heavy atom. The van der Waals surface area contributed by atoms with E-state index >= 15 is 0 Å². The fraction of sp³-hybridized carbons (Fsp3) is 0.750. The Morgan fingerprint density at radius 2 is 2.08 bits per heavy atom. The zero-order chi connectivity index (χ0) is 10.3. The molecule has 1 atom stereocenters. The third kappa shape index (κ3) is 5.19. The molecule has 0 saturated heterocycles. The van der Waals surface area contributed by atoms with Crippen molar-refractivity contribution in [1.29, 1.82) is 0 Å². The number of aliphatic carboxylic acids is 1. The van der Waals surface area contributed by atoms with Crippen molar-refractivity contribution in [2.45, 2.75) is 19.3 Å². The lowest BCUT2D eigenvalue weighted by atomic mass is 10.0. The van der Waals surface area contributed by atoms with Gasteiger partial charge in [0.05, 0.1) is 19.6 Å². The number of esters is 1. The average molecular weight is 190 g/mol. The standard InChI is InChI=1S/C8H14O5/c1-13-7(10)4-2-3-6(5-9)8(11)12/h6,9H,2-5H2,1H3,(H,11,12)/t6-/m1/s1. The first kappa shape index (κ1) is 11.9. The molecule has 2 N–H and O–H groups in total. The normalized spacial score (nSPS) is 12.2. The van der Waals surface area contributed by atoms with Crippen LogP contribution in [0.4, 0.5) is 0 Å². The molecule has 0 fully saturated rings. The van der Waals surface area contributed by atoms with Gasteiger partial charge in [-0.15, -0.1) is 0 Å². The summed E-state index contributed by atoms with van der Waals surface area (Å²) in [6.07, 6.45) is 0.908. The molecule has 5 heteroatoms. The number of hydrogen-bond donors (Lipinski definition) is 2. The van der Waals surface area contributed by atoms with Crippen molar-refractivity contribution in [3.05, 3.63) is 0 Å². The number of carboxylic acids is 1. The molecule has 0 radical (unpaired) electrons. The molecule has 0 aliphatic carbocycles. The number of carboxylic acid groups (broad SMARTS) is 1. The van der Waals surface area contributed by atoms with Gasteiger partial charge >= 0.3 is 11.9 Å². The van der Waals surface area contributed by atoms with E-state index in [-0.39, 0.29) is 12.4 Å². The molecule has 0 heterocycles. The number of carbonyl (C=O) groups is 2. The molecule has 0 rings (SSSR count). The minimum Gasteiger partial charge on any atom is -0.481 e. The summed E-state index contributed by atoms with van der Waals surface area (Å²) in [5, 5.41) is 17.1. The molecular formula is C8H14O5. The summed E-state index contributed by atoms with van der Waals surface area (Å²) >= 11 is 0. The summed E-state index contributed by atoms with van der Waals surface area (Å²) in [6, 6.07) is 0. The fourth-order valence-corrected chi connectivity index (χ4v) is 0.888. The largest absolute Gasteiger partial charge is 0.481 e. The monoisotopic (exact) mass is 190 g/mol. The van der Waals surface area contributed by atoms with Crippen molar-refractivity contribution in [2.24, 2.45) is 5.92 Å². The minimum atomic E-state index is -1.03. The van der Waals surface area contributed by atoms with E-state index in [4.69, 9.17) is 10.2 Å². The third-order valence-electron chi connectivity index (χ3n) is 1.73. The van der Waals surface area contributed by atoms with Crippen LogP contribution in [-0.4, -0.2) is 35.9 Å². The number of rotatable bonds is 6. The second kappa shape index (κ2) is 6.42. The van der Waals surface area contributed by atoms with E-state index in [1.54, 1.807) is 0 Å². The van der Waals surface area contributed by atoms with Gasteiger partial charge in [-0.2, -0.15) is 0 Å². The topological polar surface area (TPSA) is 83.8 Å². The van der Waals surface area contributed by atoms with Gasteiger partial charge in [0.2, 0.25) is 0 Å². The maximum Gasteiger partial charge on any atom is 0.308 e. The fourth-order valence-electron chi connectivity index (χ4n) is 0.888. The Bertz CT molecular complexity index is 177. The van der Waals surface area contributed by atoms with Crippen molar-refractivity contribution >= 4 is 11.9 Å². The lowest BCUT2D eigenvalue weighted by Crippen LogP contribution is -2.18. The lowest BCUT2D eigenvalue weighted by Gasteiger charge is -2.07. The van der Waals surface area contributed by atoms with Gasteiger partial charge in [0.25, 0.3) is 0 Å². The quantitative estimate of drug-likeness (QED) is 0.577. The summed E-state index contributed by atoms with van der Waals surface area (Å²) in [6.45, 7) is -0.392. The van der Waals surface area contributed by atoms with Crippen LogP contribution in [0.3, 0.4) is 0 Å². The van der Waals surface area contributed by atoms with E-state index < -0.39 is 18.5 Å². The van der Waals surface area contributed by atoms with Crippen LogP contribution in [0.25, 0.3) is 0 Å². The van der Waals surface area contributed by atoms with Gasteiger partial charge in [-0.25, -0.2) is 0 Å². The molecule has 0 amide bonds. The number of methoxy groups -OCH3 is 1. The maximum absolute atomic E-state index is 10.6. The van der Waals surface area contributed by atoms with Gasteiger partial charge in [-0.05, 0) is 12.8 Å². The Labute approximate surface area is 76.3 Å². The van der Waals surface area contributed by atoms with Crippen LogP contribution in [0.2, 0.25) is 0 Å². The van der Waals surface area contributed by atoms with Gasteiger partial charge < -0.3 is 14.9 Å². The van der Waals surface area contributed by atoms with Crippen LogP contribution in [0.15, 0.2) is 0 Å². The molecule has 0 unspecified atom stereocenters. The number of hydrogen-bond acceptors (Lipinski definition) is 4. The molecule has 76 valence electrons. The van der Waals surface area contributed by atoms with Gasteiger partial charge in [-0.3, -0.25) is 9.59 Å². The van der Waals surface area contributed by atoms with Crippen molar-refractivity contribution in [1.82, 2.24) is 0 Å². The smallest absolute Gasteiger partial charge is 0.308 e. The highest BCUT2D eigenvalue weighted by molar-refractivity contribution is 5.71. The molecule has 0 aliphatic rings. The van der Waals surface area contributed by atoms with Crippen LogP contribution in [0.1, 0.15) is 19.3 Å². The molecule has 5 nitrogen and oxygen atoms in total. The van der Waals surface area contributed by atoms with E-state index in [1.165, 1.54) is 7.11 Å². The zero-order valence-corrected chi connectivity index (χ0v) is 7.52. The van der Waals surface area contributed by atoms with Crippen LogP contribution < -0.4 is 0 Å². The predicted molar refractivity (Wildman–Crippen MR) is 44.1 cm³/mol. The highest BCUT2D eigenvalue weighted by Crippen LogP contribution is 2.08. The summed E-state index contributed by atoms with van der Waals surface area (Å²) in [5.41, 5.74) is 0. The molecule has 0 aliphatic heterocycles. The van der Waals surface area contributed by atoms with Crippen molar-refractivity contribution < 1.29 is 24.5 Å². The molecule has 0 aromatic heterocycles. The Morgan fingerprint density at radius 3 is 2.46 bits per heavy atom. The molecule has 0 aromatic carbocycles.